The molecular weight excluding hydrogens is 224 g/mol. The average molecular weight is 231 g/mol. The topological polar surface area (TPSA) is 44.0 Å². The Morgan fingerprint density at radius 1 is 1.06 bits per heavy atom. The largest absolute Gasteiger partial charge is 0.508 e. The van der Waals surface area contributed by atoms with E-state index < -0.39 is 11.6 Å². The number of nitrogens with zero attached hydrogens (tertiary/aromatic N) is 1. The molecule has 0 aliphatic rings. The first-order chi connectivity index (χ1) is 8.10. The van der Waals surface area contributed by atoms with Gasteiger partial charge < -0.3 is 5.11 Å². The van der Waals surface area contributed by atoms with E-state index in [4.69, 9.17) is 5.26 Å². The third kappa shape index (κ3) is 2.23. The van der Waals surface area contributed by atoms with Gasteiger partial charge in [-0.1, -0.05) is 0 Å². The van der Waals surface area contributed by atoms with E-state index in [1.54, 1.807) is 0 Å². The van der Waals surface area contributed by atoms with Gasteiger partial charge in [0.2, 0.25) is 0 Å². The molecule has 0 radical (unpaired) electrons. The van der Waals surface area contributed by atoms with Gasteiger partial charge in [-0.05, 0) is 35.9 Å². The first kappa shape index (κ1) is 11.1. The number of phenolic OH excluding ortho intramolecular Hbond substituents is 1. The molecule has 2 aromatic carbocycles. The summed E-state index contributed by atoms with van der Waals surface area (Å²) < 4.78 is 26.2. The van der Waals surface area contributed by atoms with Gasteiger partial charge in [0.15, 0.2) is 0 Å². The van der Waals surface area contributed by atoms with E-state index in [0.717, 1.165) is 12.1 Å². The lowest BCUT2D eigenvalue weighted by Gasteiger charge is -2.05. The lowest BCUT2D eigenvalue weighted by molar-refractivity contribution is 0.475. The van der Waals surface area contributed by atoms with Crippen LogP contribution in [-0.2, 0) is 0 Å². The monoisotopic (exact) mass is 231 g/mol. The Kier molecular flexibility index (Phi) is 2.75. The third-order valence-electron chi connectivity index (χ3n) is 2.29. The molecule has 0 amide bonds. The molecule has 0 saturated heterocycles. The van der Waals surface area contributed by atoms with Crippen LogP contribution in [0.2, 0.25) is 0 Å². The van der Waals surface area contributed by atoms with Gasteiger partial charge >= 0.3 is 0 Å². The summed E-state index contributed by atoms with van der Waals surface area (Å²) in [4.78, 5) is 0. The van der Waals surface area contributed by atoms with Crippen LogP contribution in [0.3, 0.4) is 0 Å². The fourth-order valence-corrected chi connectivity index (χ4v) is 1.55. The summed E-state index contributed by atoms with van der Waals surface area (Å²) in [5.74, 6) is -1.55. The molecule has 0 saturated carbocycles. The molecule has 0 fully saturated rings. The highest BCUT2D eigenvalue weighted by atomic mass is 19.1. The highest BCUT2D eigenvalue weighted by Gasteiger charge is 2.08. The van der Waals surface area contributed by atoms with Gasteiger partial charge in [-0.2, -0.15) is 5.26 Å². The molecule has 0 bridgehead atoms. The van der Waals surface area contributed by atoms with Crippen LogP contribution in [0.15, 0.2) is 36.4 Å². The number of benzene rings is 2. The van der Waals surface area contributed by atoms with Crippen LogP contribution in [-0.4, -0.2) is 5.11 Å². The standard InChI is InChI=1S/C13H7F2NO/c14-10-1-2-12(13(15)6-10)9-3-8(7-16)4-11(17)5-9/h1-6,17H. The first-order valence-electron chi connectivity index (χ1n) is 4.80. The van der Waals surface area contributed by atoms with Gasteiger partial charge in [-0.3, -0.25) is 0 Å². The average Bonchev–Trinajstić information content (AvgIpc) is 2.28. The summed E-state index contributed by atoms with van der Waals surface area (Å²) in [5.41, 5.74) is 0.682. The molecular formula is C13H7F2NO. The van der Waals surface area contributed by atoms with Crippen molar-refractivity contribution >= 4 is 0 Å². The molecule has 17 heavy (non-hydrogen) atoms. The van der Waals surface area contributed by atoms with Crippen LogP contribution >= 0.6 is 0 Å². The minimum Gasteiger partial charge on any atom is -0.508 e. The fourth-order valence-electron chi connectivity index (χ4n) is 1.55. The zero-order chi connectivity index (χ0) is 12.4. The van der Waals surface area contributed by atoms with Crippen molar-refractivity contribution in [3.05, 3.63) is 53.6 Å². The van der Waals surface area contributed by atoms with Crippen LogP contribution in [0.4, 0.5) is 8.78 Å². The van der Waals surface area contributed by atoms with E-state index in [1.165, 1.54) is 24.3 Å². The van der Waals surface area contributed by atoms with Gasteiger partial charge in [-0.15, -0.1) is 0 Å². The van der Waals surface area contributed by atoms with Crippen LogP contribution in [0, 0.1) is 23.0 Å². The van der Waals surface area contributed by atoms with Gasteiger partial charge in [-0.25, -0.2) is 8.78 Å². The molecule has 0 atom stereocenters. The minimum absolute atomic E-state index is 0.136. The normalized spacial score (nSPS) is 9.94. The van der Waals surface area contributed by atoms with Gasteiger partial charge in [0, 0.05) is 11.6 Å². The zero-order valence-electron chi connectivity index (χ0n) is 8.61. The van der Waals surface area contributed by atoms with E-state index in [1.807, 2.05) is 6.07 Å². The number of hydrogen-bond acceptors (Lipinski definition) is 2. The van der Waals surface area contributed by atoms with Crippen molar-refractivity contribution in [2.75, 3.05) is 0 Å². The van der Waals surface area contributed by atoms with Gasteiger partial charge in [0.1, 0.15) is 17.4 Å². The molecule has 0 unspecified atom stereocenters. The number of rotatable bonds is 1. The smallest absolute Gasteiger partial charge is 0.133 e. The lowest BCUT2D eigenvalue weighted by Crippen LogP contribution is -1.87. The summed E-state index contributed by atoms with van der Waals surface area (Å²) in [6.45, 7) is 0. The summed E-state index contributed by atoms with van der Waals surface area (Å²) in [7, 11) is 0. The second-order valence-corrected chi connectivity index (χ2v) is 3.50. The Morgan fingerprint density at radius 3 is 2.47 bits per heavy atom. The minimum atomic E-state index is -0.737. The lowest BCUT2D eigenvalue weighted by atomic mass is 10.0. The third-order valence-corrected chi connectivity index (χ3v) is 2.29. The van der Waals surface area contributed by atoms with Gasteiger partial charge in [0.05, 0.1) is 11.6 Å². The molecule has 0 aromatic heterocycles. The molecule has 0 aliphatic heterocycles. The van der Waals surface area contributed by atoms with Crippen molar-refractivity contribution in [2.24, 2.45) is 0 Å². The molecule has 2 rings (SSSR count). The molecule has 0 aliphatic carbocycles. The van der Waals surface area contributed by atoms with Crippen molar-refractivity contribution in [2.45, 2.75) is 0 Å². The summed E-state index contributed by atoms with van der Waals surface area (Å²) >= 11 is 0. The Balaban J connectivity index is 2.61. The van der Waals surface area contributed by atoms with Crippen molar-refractivity contribution in [3.63, 3.8) is 0 Å². The second-order valence-electron chi connectivity index (χ2n) is 3.50. The van der Waals surface area contributed by atoms with E-state index in [9.17, 15) is 13.9 Å². The number of aromatic hydroxyl groups is 1. The molecule has 2 aromatic rings. The number of nitriles is 1. The van der Waals surface area contributed by atoms with Crippen molar-refractivity contribution in [1.82, 2.24) is 0 Å². The first-order valence-corrected chi connectivity index (χ1v) is 4.80. The molecule has 2 nitrogen and oxygen atoms in total. The van der Waals surface area contributed by atoms with Crippen molar-refractivity contribution in [3.8, 4) is 22.9 Å². The van der Waals surface area contributed by atoms with Crippen molar-refractivity contribution in [1.29, 1.82) is 5.26 Å². The fraction of sp³-hybridized carbons (Fsp3) is 0. The molecule has 0 spiro atoms. The second kappa shape index (κ2) is 4.22. The molecule has 1 N–H and O–H groups in total. The quantitative estimate of drug-likeness (QED) is 0.818. The van der Waals surface area contributed by atoms with E-state index in [-0.39, 0.29) is 16.9 Å². The highest BCUT2D eigenvalue weighted by molar-refractivity contribution is 5.67. The maximum Gasteiger partial charge on any atom is 0.133 e. The molecule has 84 valence electrons. The van der Waals surface area contributed by atoms with Crippen LogP contribution in [0.25, 0.3) is 11.1 Å². The van der Waals surface area contributed by atoms with E-state index in [0.29, 0.717) is 5.56 Å². The maximum atomic E-state index is 13.5. The Labute approximate surface area is 96.4 Å². The number of hydrogen-bond donors (Lipinski definition) is 1. The van der Waals surface area contributed by atoms with E-state index in [2.05, 4.69) is 0 Å². The predicted molar refractivity (Wildman–Crippen MR) is 58.2 cm³/mol. The summed E-state index contributed by atoms with van der Waals surface area (Å²) in [6.07, 6.45) is 0. The highest BCUT2D eigenvalue weighted by Crippen LogP contribution is 2.27. The number of phenols is 1. The molecule has 0 heterocycles. The summed E-state index contributed by atoms with van der Waals surface area (Å²) in [6, 6.07) is 9.00. The van der Waals surface area contributed by atoms with E-state index >= 15 is 0 Å². The number of halogens is 2. The SMILES string of the molecule is N#Cc1cc(O)cc(-c2ccc(F)cc2F)c1. The van der Waals surface area contributed by atoms with Crippen LogP contribution < -0.4 is 0 Å². The molecule has 4 heteroatoms. The van der Waals surface area contributed by atoms with Crippen molar-refractivity contribution < 1.29 is 13.9 Å². The maximum absolute atomic E-state index is 13.5. The Bertz CT molecular complexity index is 617. The van der Waals surface area contributed by atoms with Gasteiger partial charge in [0.25, 0.3) is 0 Å². The summed E-state index contributed by atoms with van der Waals surface area (Å²) in [5, 5.41) is 18.1. The van der Waals surface area contributed by atoms with Crippen LogP contribution in [0.1, 0.15) is 5.56 Å². The Hall–Kier alpha value is -2.41. The zero-order valence-corrected chi connectivity index (χ0v) is 8.61. The Morgan fingerprint density at radius 2 is 1.82 bits per heavy atom. The predicted octanol–water partition coefficient (Wildman–Crippen LogP) is 3.21. The van der Waals surface area contributed by atoms with Crippen LogP contribution in [0.5, 0.6) is 5.75 Å².